The van der Waals surface area contributed by atoms with Crippen LogP contribution in [0.5, 0.6) is 0 Å². The lowest BCUT2D eigenvalue weighted by Crippen LogP contribution is -2.68. The van der Waals surface area contributed by atoms with Crippen molar-refractivity contribution in [1.29, 1.82) is 0 Å². The van der Waals surface area contributed by atoms with Crippen LogP contribution in [0.15, 0.2) is 54.6 Å². The fourth-order valence-corrected chi connectivity index (χ4v) is 5.45. The van der Waals surface area contributed by atoms with Crippen LogP contribution in [0.25, 0.3) is 11.1 Å². The first-order valence-electron chi connectivity index (χ1n) is 13.9. The molecule has 13 heteroatoms. The molecular weight excluding hydrogens is 580 g/mol. The maximum absolute atomic E-state index is 12.7. The Morgan fingerprint density at radius 3 is 2.40 bits per heavy atom. The van der Waals surface area contributed by atoms with Gasteiger partial charge >= 0.3 is 5.97 Å². The second-order valence-electron chi connectivity index (χ2n) is 10.1. The second kappa shape index (κ2) is 16.5. The molecule has 6 atom stereocenters. The molecule has 1 aliphatic heterocycles. The van der Waals surface area contributed by atoms with Crippen molar-refractivity contribution in [2.45, 2.75) is 62.4 Å². The molecule has 1 aliphatic rings. The molecule has 0 saturated carbocycles. The van der Waals surface area contributed by atoms with Crippen molar-refractivity contribution in [1.82, 2.24) is 10.6 Å². The van der Waals surface area contributed by atoms with Crippen LogP contribution in [0.3, 0.4) is 0 Å². The summed E-state index contributed by atoms with van der Waals surface area (Å²) in [6.07, 6.45) is -5.56. The SMILES string of the molecule is CC(=O)N[C@@H]1C(O)C[C@](OCCCSCCC=O)(C(=O)O)O[C@H]1C(O)[C@H](O)CNC(=O)c1ccc(-c2ccccc2)cc1. The van der Waals surface area contributed by atoms with E-state index in [1.807, 2.05) is 30.3 Å². The van der Waals surface area contributed by atoms with Crippen molar-refractivity contribution in [2.75, 3.05) is 24.7 Å². The predicted molar refractivity (Wildman–Crippen MR) is 158 cm³/mol. The molecule has 2 aromatic rings. The predicted octanol–water partition coefficient (Wildman–Crippen LogP) is 0.970. The Labute approximate surface area is 253 Å². The second-order valence-corrected chi connectivity index (χ2v) is 11.3. The number of hydrogen-bond acceptors (Lipinski definition) is 10. The monoisotopic (exact) mass is 618 g/mol. The van der Waals surface area contributed by atoms with Gasteiger partial charge in [-0.2, -0.15) is 11.8 Å². The van der Waals surface area contributed by atoms with Gasteiger partial charge in [-0.1, -0.05) is 42.5 Å². The first-order valence-corrected chi connectivity index (χ1v) is 15.0. The standard InChI is InChI=1S/C30H38N2O10S/c1-19(34)32-25-23(35)17-30(29(39)40,41-14-6-16-43-15-5-13-33)42-27(25)26(37)24(36)18-31-28(38)22-11-9-21(10-12-22)20-7-3-2-4-8-20/h2-4,7-13,23-27,35-37H,5-6,14-18H2,1H3,(H,31,38)(H,32,34)(H,39,40)/t23?,24-,25-,26?,27-,30-/m1/s1. The number of carbonyl (C=O) groups excluding carboxylic acids is 3. The summed E-state index contributed by atoms with van der Waals surface area (Å²) in [4.78, 5) is 47.3. The van der Waals surface area contributed by atoms with Crippen LogP contribution in [0.2, 0.25) is 0 Å². The average molecular weight is 619 g/mol. The molecular formula is C30H38N2O10S. The van der Waals surface area contributed by atoms with E-state index in [0.717, 1.165) is 17.4 Å². The molecule has 43 heavy (non-hydrogen) atoms. The van der Waals surface area contributed by atoms with Crippen LogP contribution in [0, 0.1) is 0 Å². The van der Waals surface area contributed by atoms with Gasteiger partial charge in [-0.3, -0.25) is 9.59 Å². The first-order chi connectivity index (χ1) is 20.6. The summed E-state index contributed by atoms with van der Waals surface area (Å²) < 4.78 is 11.3. The van der Waals surface area contributed by atoms with Crippen LogP contribution < -0.4 is 10.6 Å². The van der Waals surface area contributed by atoms with Gasteiger partial charge in [-0.15, -0.1) is 0 Å². The quantitative estimate of drug-likeness (QED) is 0.116. The van der Waals surface area contributed by atoms with E-state index in [1.54, 1.807) is 24.3 Å². The molecule has 0 radical (unpaired) electrons. The van der Waals surface area contributed by atoms with Crippen LogP contribution in [0.1, 0.15) is 36.5 Å². The molecule has 0 bridgehead atoms. The summed E-state index contributed by atoms with van der Waals surface area (Å²) in [5.41, 5.74) is 2.20. The summed E-state index contributed by atoms with van der Waals surface area (Å²) in [5, 5.41) is 47.6. The Hall–Kier alpha value is -3.33. The summed E-state index contributed by atoms with van der Waals surface area (Å²) in [6, 6.07) is 15.1. The molecule has 234 valence electrons. The Morgan fingerprint density at radius 1 is 1.09 bits per heavy atom. The van der Waals surface area contributed by atoms with Gasteiger partial charge in [0, 0.05) is 31.9 Å². The normalized spacial score (nSPS) is 23.1. The molecule has 0 aromatic heterocycles. The highest BCUT2D eigenvalue weighted by Crippen LogP contribution is 2.34. The van der Waals surface area contributed by atoms with Gasteiger partial charge in [0.15, 0.2) is 0 Å². The van der Waals surface area contributed by atoms with Crippen LogP contribution in [-0.2, 0) is 23.9 Å². The van der Waals surface area contributed by atoms with Gasteiger partial charge in [-0.25, -0.2) is 4.79 Å². The highest BCUT2D eigenvalue weighted by Gasteiger charge is 2.55. The molecule has 2 unspecified atom stereocenters. The van der Waals surface area contributed by atoms with Gasteiger partial charge < -0.3 is 45.3 Å². The zero-order valence-electron chi connectivity index (χ0n) is 23.8. The third-order valence-electron chi connectivity index (χ3n) is 6.87. The lowest BCUT2D eigenvalue weighted by Gasteiger charge is -2.46. The van der Waals surface area contributed by atoms with Crippen LogP contribution >= 0.6 is 11.8 Å². The number of aliphatic hydroxyl groups excluding tert-OH is 3. The number of thioether (sulfide) groups is 1. The van der Waals surface area contributed by atoms with E-state index in [1.165, 1.54) is 18.7 Å². The average Bonchev–Trinajstić information content (AvgIpc) is 3.00. The number of benzene rings is 2. The number of hydrogen-bond donors (Lipinski definition) is 6. The van der Waals surface area contributed by atoms with Crippen molar-refractivity contribution >= 4 is 35.8 Å². The van der Waals surface area contributed by atoms with E-state index in [0.29, 0.717) is 29.9 Å². The topological polar surface area (TPSA) is 192 Å². The van der Waals surface area contributed by atoms with Crippen LogP contribution in [0.4, 0.5) is 0 Å². The number of ether oxygens (including phenoxy) is 2. The molecule has 12 nitrogen and oxygen atoms in total. The molecule has 1 fully saturated rings. The van der Waals surface area contributed by atoms with E-state index in [4.69, 9.17) is 9.47 Å². The molecule has 6 N–H and O–H groups in total. The minimum absolute atomic E-state index is 0.0671. The van der Waals surface area contributed by atoms with E-state index in [9.17, 15) is 39.6 Å². The highest BCUT2D eigenvalue weighted by atomic mass is 32.2. The molecule has 1 heterocycles. The summed E-state index contributed by atoms with van der Waals surface area (Å²) >= 11 is 1.49. The molecule has 1 saturated heterocycles. The zero-order valence-corrected chi connectivity index (χ0v) is 24.6. The fraction of sp³-hybridized carbons (Fsp3) is 0.467. The van der Waals surface area contributed by atoms with Crippen molar-refractivity contribution in [3.8, 4) is 11.1 Å². The number of aliphatic hydroxyl groups is 3. The zero-order chi connectivity index (χ0) is 31.4. The number of carbonyl (C=O) groups is 4. The van der Waals surface area contributed by atoms with Gasteiger partial charge in [0.1, 0.15) is 18.5 Å². The molecule has 0 aliphatic carbocycles. The first kappa shape index (κ1) is 34.2. The molecule has 0 spiro atoms. The number of carboxylic acid groups (broad SMARTS) is 1. The van der Waals surface area contributed by atoms with Gasteiger partial charge in [0.2, 0.25) is 5.91 Å². The number of aliphatic carboxylic acids is 1. The Bertz CT molecular complexity index is 1220. The Balaban J connectivity index is 1.66. The number of amides is 2. The minimum Gasteiger partial charge on any atom is -0.477 e. The largest absolute Gasteiger partial charge is 0.477 e. The van der Waals surface area contributed by atoms with Crippen molar-refractivity contribution in [2.24, 2.45) is 0 Å². The maximum Gasteiger partial charge on any atom is 0.364 e. The van der Waals surface area contributed by atoms with Gasteiger partial charge in [-0.05, 0) is 41.2 Å². The summed E-state index contributed by atoms with van der Waals surface area (Å²) in [6.45, 7) is 0.665. The smallest absolute Gasteiger partial charge is 0.364 e. The summed E-state index contributed by atoms with van der Waals surface area (Å²) in [5.74, 6) is -3.83. The van der Waals surface area contributed by atoms with Crippen molar-refractivity contribution in [3.05, 3.63) is 60.2 Å². The third-order valence-corrected chi connectivity index (χ3v) is 7.98. The van der Waals surface area contributed by atoms with Crippen LogP contribution in [-0.4, -0.2) is 105 Å². The summed E-state index contributed by atoms with van der Waals surface area (Å²) in [7, 11) is 0. The third kappa shape index (κ3) is 9.58. The Kier molecular flexibility index (Phi) is 13.1. The fourth-order valence-electron chi connectivity index (χ4n) is 4.67. The highest BCUT2D eigenvalue weighted by molar-refractivity contribution is 7.99. The lowest BCUT2D eigenvalue weighted by molar-refractivity contribution is -0.310. The van der Waals surface area contributed by atoms with Crippen molar-refractivity contribution < 1.29 is 49.1 Å². The number of rotatable bonds is 16. The number of aldehydes is 1. The van der Waals surface area contributed by atoms with Gasteiger partial charge in [0.05, 0.1) is 24.9 Å². The van der Waals surface area contributed by atoms with E-state index in [-0.39, 0.29) is 6.61 Å². The lowest BCUT2D eigenvalue weighted by atomic mass is 9.88. The molecule has 3 rings (SSSR count). The van der Waals surface area contributed by atoms with E-state index < -0.39 is 67.0 Å². The molecule has 2 amide bonds. The van der Waals surface area contributed by atoms with E-state index in [2.05, 4.69) is 10.6 Å². The van der Waals surface area contributed by atoms with Crippen molar-refractivity contribution in [3.63, 3.8) is 0 Å². The number of carboxylic acids is 1. The molecule has 2 aromatic carbocycles. The maximum atomic E-state index is 12.7. The number of nitrogens with one attached hydrogen (secondary N) is 2. The minimum atomic E-state index is -2.36. The Morgan fingerprint density at radius 2 is 1.77 bits per heavy atom. The van der Waals surface area contributed by atoms with E-state index >= 15 is 0 Å². The van der Waals surface area contributed by atoms with Gasteiger partial charge in [0.25, 0.3) is 11.7 Å².